The molecule has 0 spiro atoms. The van der Waals surface area contributed by atoms with Crippen molar-refractivity contribution in [2.75, 3.05) is 26.1 Å². The Hall–Kier alpha value is -2.46. The number of carbonyl (C=O) groups excluding carboxylic acids is 1. The molecule has 4 rings (SSSR count). The number of aromatic amines is 1. The van der Waals surface area contributed by atoms with Crippen molar-refractivity contribution in [1.29, 1.82) is 0 Å². The molecule has 1 saturated heterocycles. The summed E-state index contributed by atoms with van der Waals surface area (Å²) in [5.74, 6) is 1.07. The first-order valence-corrected chi connectivity index (χ1v) is 8.95. The molecule has 128 valence electrons. The van der Waals surface area contributed by atoms with Crippen molar-refractivity contribution in [3.8, 4) is 5.75 Å². The average molecular weight is 374 g/mol. The largest absolute Gasteiger partial charge is 0.497 e. The number of carbonyl (C=O) groups is 1. The number of benzene rings is 1. The number of anilines is 1. The number of aliphatic imine (C=N–C) groups is 1. The molecule has 0 radical (unpaired) electrons. The van der Waals surface area contributed by atoms with Crippen LogP contribution < -0.4 is 9.64 Å². The second-order valence-corrected chi connectivity index (χ2v) is 7.31. The van der Waals surface area contributed by atoms with Crippen molar-refractivity contribution in [2.24, 2.45) is 4.99 Å². The van der Waals surface area contributed by atoms with Gasteiger partial charge in [-0.05, 0) is 23.9 Å². The van der Waals surface area contributed by atoms with Gasteiger partial charge in [0.05, 0.1) is 17.8 Å². The van der Waals surface area contributed by atoms with E-state index in [-0.39, 0.29) is 5.91 Å². The van der Waals surface area contributed by atoms with Crippen LogP contribution in [0.25, 0.3) is 0 Å². The van der Waals surface area contributed by atoms with Crippen LogP contribution >= 0.6 is 23.5 Å². The number of amidine groups is 1. The van der Waals surface area contributed by atoms with Gasteiger partial charge < -0.3 is 9.64 Å². The van der Waals surface area contributed by atoms with Gasteiger partial charge in [-0.15, -0.1) is 0 Å². The smallest absolute Gasteiger partial charge is 0.269 e. The van der Waals surface area contributed by atoms with E-state index >= 15 is 0 Å². The lowest BCUT2D eigenvalue weighted by Gasteiger charge is -2.15. The van der Waals surface area contributed by atoms with Crippen LogP contribution in [0.1, 0.15) is 0 Å². The number of ether oxygens (including phenoxy) is 1. The van der Waals surface area contributed by atoms with Crippen LogP contribution in [0.4, 0.5) is 11.6 Å². The maximum absolute atomic E-state index is 12.7. The van der Waals surface area contributed by atoms with E-state index in [0.29, 0.717) is 16.0 Å². The maximum atomic E-state index is 12.7. The Labute approximate surface area is 152 Å². The molecule has 2 aliphatic heterocycles. The number of nitrogens with zero attached hydrogens (tertiary/aromatic N) is 5. The Kier molecular flexibility index (Phi) is 3.92. The first kappa shape index (κ1) is 16.0. The Morgan fingerprint density at radius 2 is 2.08 bits per heavy atom. The van der Waals surface area contributed by atoms with E-state index in [0.717, 1.165) is 21.4 Å². The molecule has 8 nitrogen and oxygen atoms in total. The molecule has 0 aliphatic carbocycles. The number of aromatic nitrogens is 3. The van der Waals surface area contributed by atoms with Crippen LogP contribution in [0, 0.1) is 0 Å². The Bertz CT molecular complexity index is 909. The molecule has 1 aromatic carbocycles. The SMILES string of the molecule is COc1ccc2c(c1)N(C)/C(=C1/SC(=Nc3ncn[nH]3)N(C)C1=O)S2. The predicted octanol–water partition coefficient (Wildman–Crippen LogP) is 2.42. The summed E-state index contributed by atoms with van der Waals surface area (Å²) < 4.78 is 5.29. The minimum absolute atomic E-state index is 0.0858. The topological polar surface area (TPSA) is 86.7 Å². The third-order valence-corrected chi connectivity index (χ3v) is 6.30. The zero-order chi connectivity index (χ0) is 17.6. The number of H-pyrrole nitrogens is 1. The van der Waals surface area contributed by atoms with Crippen molar-refractivity contribution in [3.63, 3.8) is 0 Å². The number of fused-ring (bicyclic) bond motifs is 1. The summed E-state index contributed by atoms with van der Waals surface area (Å²) >= 11 is 2.90. The molecule has 0 atom stereocenters. The van der Waals surface area contributed by atoms with Crippen LogP contribution in [0.5, 0.6) is 5.75 Å². The zero-order valence-electron chi connectivity index (χ0n) is 13.7. The number of likely N-dealkylation sites (N-methyl/N-ethyl adjacent to an activating group) is 1. The van der Waals surface area contributed by atoms with Crippen molar-refractivity contribution in [1.82, 2.24) is 20.1 Å². The van der Waals surface area contributed by atoms with Crippen LogP contribution in [-0.2, 0) is 4.79 Å². The van der Waals surface area contributed by atoms with E-state index < -0.39 is 0 Å². The van der Waals surface area contributed by atoms with Crippen molar-refractivity contribution in [3.05, 3.63) is 34.5 Å². The molecule has 1 fully saturated rings. The summed E-state index contributed by atoms with van der Waals surface area (Å²) in [6.45, 7) is 0. The molecular formula is C15H14N6O2S2. The summed E-state index contributed by atoms with van der Waals surface area (Å²) in [6.07, 6.45) is 1.38. The van der Waals surface area contributed by atoms with Gasteiger partial charge in [-0.1, -0.05) is 11.8 Å². The summed E-state index contributed by atoms with van der Waals surface area (Å²) in [6, 6.07) is 5.88. The minimum Gasteiger partial charge on any atom is -0.497 e. The van der Waals surface area contributed by atoms with Gasteiger partial charge in [0.1, 0.15) is 17.0 Å². The van der Waals surface area contributed by atoms with Crippen molar-refractivity contribution < 1.29 is 9.53 Å². The molecule has 25 heavy (non-hydrogen) atoms. The fraction of sp³-hybridized carbons (Fsp3) is 0.200. The van der Waals surface area contributed by atoms with Gasteiger partial charge in [-0.2, -0.15) is 15.1 Å². The lowest BCUT2D eigenvalue weighted by Crippen LogP contribution is -2.24. The van der Waals surface area contributed by atoms with E-state index in [4.69, 9.17) is 4.74 Å². The predicted molar refractivity (Wildman–Crippen MR) is 98.1 cm³/mol. The van der Waals surface area contributed by atoms with E-state index in [2.05, 4.69) is 20.2 Å². The monoisotopic (exact) mass is 374 g/mol. The quantitative estimate of drug-likeness (QED) is 0.808. The molecule has 0 saturated carbocycles. The van der Waals surface area contributed by atoms with E-state index in [1.165, 1.54) is 23.0 Å². The lowest BCUT2D eigenvalue weighted by molar-refractivity contribution is -0.121. The van der Waals surface area contributed by atoms with Gasteiger partial charge in [-0.25, -0.2) is 5.10 Å². The summed E-state index contributed by atoms with van der Waals surface area (Å²) in [4.78, 5) is 26.3. The molecule has 0 bridgehead atoms. The van der Waals surface area contributed by atoms with Gasteiger partial charge in [0.15, 0.2) is 5.17 Å². The molecule has 1 amide bonds. The fourth-order valence-electron chi connectivity index (χ4n) is 2.47. The van der Waals surface area contributed by atoms with Crippen molar-refractivity contribution in [2.45, 2.75) is 4.90 Å². The number of rotatable bonds is 2. The number of amides is 1. The average Bonchev–Trinajstić information content (AvgIpc) is 3.31. The second-order valence-electron chi connectivity index (χ2n) is 5.30. The Morgan fingerprint density at radius 1 is 1.24 bits per heavy atom. The summed E-state index contributed by atoms with van der Waals surface area (Å²) in [7, 11) is 5.29. The second kappa shape index (κ2) is 6.12. The molecule has 3 heterocycles. The molecule has 1 N–H and O–H groups in total. The fourth-order valence-corrected chi connectivity index (χ4v) is 4.77. The zero-order valence-corrected chi connectivity index (χ0v) is 15.3. The number of thioether (sulfide) groups is 2. The number of hydrogen-bond donors (Lipinski definition) is 1. The van der Waals surface area contributed by atoms with Crippen LogP contribution in [0.15, 0.2) is 44.3 Å². The highest BCUT2D eigenvalue weighted by atomic mass is 32.2. The standard InChI is InChI=1S/C15H14N6O2S2/c1-20-9-6-8(23-3)4-5-10(9)24-13(20)11-12(22)21(2)15(25-11)18-14-16-7-17-19-14/h4-7H,1-3H3,(H,16,17,19)/b13-11-,18-15?. The van der Waals surface area contributed by atoms with Crippen molar-refractivity contribution >= 4 is 46.2 Å². The van der Waals surface area contributed by atoms with Gasteiger partial charge >= 0.3 is 0 Å². The Balaban J connectivity index is 1.71. The molecule has 2 aliphatic rings. The minimum atomic E-state index is -0.0858. The summed E-state index contributed by atoms with van der Waals surface area (Å²) in [5.41, 5.74) is 1.02. The van der Waals surface area contributed by atoms with Gasteiger partial charge in [-0.3, -0.25) is 9.69 Å². The molecule has 1 aromatic heterocycles. The van der Waals surface area contributed by atoms with Gasteiger partial charge in [0, 0.05) is 25.1 Å². The summed E-state index contributed by atoms with van der Waals surface area (Å²) in [5, 5.41) is 7.89. The van der Waals surface area contributed by atoms with E-state index in [1.54, 1.807) is 25.9 Å². The van der Waals surface area contributed by atoms with Gasteiger partial charge in [0.2, 0.25) is 5.95 Å². The van der Waals surface area contributed by atoms with E-state index in [9.17, 15) is 4.79 Å². The highest BCUT2D eigenvalue weighted by Gasteiger charge is 2.37. The highest BCUT2D eigenvalue weighted by molar-refractivity contribution is 8.19. The third kappa shape index (κ3) is 2.67. The molecule has 0 unspecified atom stereocenters. The van der Waals surface area contributed by atoms with Crippen LogP contribution in [0.2, 0.25) is 0 Å². The molecule has 2 aromatic rings. The molecular weight excluding hydrogens is 360 g/mol. The number of methoxy groups -OCH3 is 1. The molecule has 10 heteroatoms. The number of hydrogen-bond acceptors (Lipinski definition) is 8. The van der Waals surface area contributed by atoms with Crippen LogP contribution in [-0.4, -0.2) is 52.4 Å². The van der Waals surface area contributed by atoms with Gasteiger partial charge in [0.25, 0.3) is 5.91 Å². The normalized spacial score (nSPS) is 21.4. The third-order valence-electron chi connectivity index (χ3n) is 3.82. The number of nitrogens with one attached hydrogen (secondary N) is 1. The highest BCUT2D eigenvalue weighted by Crippen LogP contribution is 2.50. The van der Waals surface area contributed by atoms with Crippen LogP contribution in [0.3, 0.4) is 0 Å². The first-order chi connectivity index (χ1) is 12.1. The maximum Gasteiger partial charge on any atom is 0.269 e. The Morgan fingerprint density at radius 3 is 2.80 bits per heavy atom. The first-order valence-electron chi connectivity index (χ1n) is 7.32. The lowest BCUT2D eigenvalue weighted by atomic mass is 10.3. The van der Waals surface area contributed by atoms with E-state index in [1.807, 2.05) is 30.1 Å².